The monoisotopic (exact) mass is 238 g/mol. The highest BCUT2D eigenvalue weighted by Gasteiger charge is 2.53. The first-order valence-corrected chi connectivity index (χ1v) is 4.11. The standard InChI is InChI=1S/C6H9F3N6O/c1-5(10,6(7,8)9)4(16)11-2-3-12-14-15-13-3/h2,10H2,1H3,(H,11,16)(H,12,13,14,15). The van der Waals surface area contributed by atoms with Crippen molar-refractivity contribution in [3.8, 4) is 0 Å². The van der Waals surface area contributed by atoms with Gasteiger partial charge in [-0.25, -0.2) is 0 Å². The van der Waals surface area contributed by atoms with Crippen LogP contribution in [0.4, 0.5) is 13.2 Å². The van der Waals surface area contributed by atoms with Gasteiger partial charge in [0.15, 0.2) is 11.4 Å². The molecular weight excluding hydrogens is 229 g/mol. The molecule has 1 aromatic heterocycles. The Labute approximate surface area is 87.6 Å². The van der Waals surface area contributed by atoms with Crippen molar-refractivity contribution in [2.45, 2.75) is 25.2 Å². The van der Waals surface area contributed by atoms with Crippen LogP contribution in [0.15, 0.2) is 0 Å². The molecule has 1 atom stereocenters. The van der Waals surface area contributed by atoms with Crippen molar-refractivity contribution in [3.05, 3.63) is 5.82 Å². The summed E-state index contributed by atoms with van der Waals surface area (Å²) in [6.45, 7) is 0.302. The normalized spacial score (nSPS) is 15.6. The topological polar surface area (TPSA) is 110 Å². The van der Waals surface area contributed by atoms with Gasteiger partial charge in [0, 0.05) is 0 Å². The number of rotatable bonds is 3. The van der Waals surface area contributed by atoms with Gasteiger partial charge in [-0.05, 0) is 6.92 Å². The van der Waals surface area contributed by atoms with Crippen LogP contribution in [0.3, 0.4) is 0 Å². The number of carbonyl (C=O) groups is 1. The molecule has 0 aromatic carbocycles. The van der Waals surface area contributed by atoms with Gasteiger partial charge in [-0.2, -0.15) is 18.4 Å². The van der Waals surface area contributed by atoms with E-state index < -0.39 is 17.6 Å². The van der Waals surface area contributed by atoms with Crippen molar-refractivity contribution in [1.82, 2.24) is 25.9 Å². The number of alkyl halides is 3. The molecule has 0 radical (unpaired) electrons. The molecule has 16 heavy (non-hydrogen) atoms. The molecule has 1 heterocycles. The van der Waals surface area contributed by atoms with E-state index in [0.717, 1.165) is 0 Å². The number of aromatic nitrogens is 4. The lowest BCUT2D eigenvalue weighted by Crippen LogP contribution is -2.61. The zero-order valence-electron chi connectivity index (χ0n) is 8.17. The first-order valence-electron chi connectivity index (χ1n) is 4.11. The molecule has 0 fully saturated rings. The highest BCUT2D eigenvalue weighted by Crippen LogP contribution is 2.27. The second-order valence-corrected chi connectivity index (χ2v) is 3.21. The first kappa shape index (κ1) is 12.4. The number of halogens is 3. The summed E-state index contributed by atoms with van der Waals surface area (Å²) in [5, 5.41) is 14.1. The van der Waals surface area contributed by atoms with Crippen molar-refractivity contribution >= 4 is 5.91 Å². The molecule has 0 aliphatic carbocycles. The molecule has 7 nitrogen and oxygen atoms in total. The van der Waals surface area contributed by atoms with Crippen LogP contribution < -0.4 is 11.1 Å². The molecule has 1 rings (SSSR count). The molecule has 4 N–H and O–H groups in total. The van der Waals surface area contributed by atoms with Gasteiger partial charge in [0.2, 0.25) is 5.91 Å². The van der Waals surface area contributed by atoms with Gasteiger partial charge < -0.3 is 11.1 Å². The lowest BCUT2D eigenvalue weighted by atomic mass is 10.0. The second kappa shape index (κ2) is 4.04. The van der Waals surface area contributed by atoms with Gasteiger partial charge in [-0.3, -0.25) is 4.79 Å². The van der Waals surface area contributed by atoms with E-state index in [9.17, 15) is 18.0 Å². The molecular formula is C6H9F3N6O. The van der Waals surface area contributed by atoms with Crippen molar-refractivity contribution in [3.63, 3.8) is 0 Å². The summed E-state index contributed by atoms with van der Waals surface area (Å²) in [7, 11) is 0. The third kappa shape index (κ3) is 2.45. The highest BCUT2D eigenvalue weighted by atomic mass is 19.4. The molecule has 10 heteroatoms. The molecule has 0 saturated heterocycles. The Morgan fingerprint density at radius 2 is 2.19 bits per heavy atom. The van der Waals surface area contributed by atoms with E-state index in [4.69, 9.17) is 5.73 Å². The van der Waals surface area contributed by atoms with Crippen LogP contribution in [0.1, 0.15) is 12.7 Å². The van der Waals surface area contributed by atoms with E-state index in [1.165, 1.54) is 0 Å². The van der Waals surface area contributed by atoms with Crippen LogP contribution in [0.2, 0.25) is 0 Å². The summed E-state index contributed by atoms with van der Waals surface area (Å²) in [6.07, 6.45) is -4.83. The summed E-state index contributed by atoms with van der Waals surface area (Å²) >= 11 is 0. The second-order valence-electron chi connectivity index (χ2n) is 3.21. The van der Waals surface area contributed by atoms with Gasteiger partial charge in [-0.1, -0.05) is 5.21 Å². The molecule has 1 amide bonds. The Kier molecular flexibility index (Phi) is 3.12. The fourth-order valence-electron chi connectivity index (χ4n) is 0.729. The zero-order chi connectivity index (χ0) is 12.4. The van der Waals surface area contributed by atoms with E-state index in [1.807, 2.05) is 5.32 Å². The van der Waals surface area contributed by atoms with Crippen LogP contribution in [0, 0.1) is 0 Å². The van der Waals surface area contributed by atoms with E-state index in [0.29, 0.717) is 6.92 Å². The minimum absolute atomic E-state index is 0.0614. The molecule has 0 bridgehead atoms. The fourth-order valence-corrected chi connectivity index (χ4v) is 0.729. The maximum Gasteiger partial charge on any atom is 0.415 e. The van der Waals surface area contributed by atoms with E-state index >= 15 is 0 Å². The summed E-state index contributed by atoms with van der Waals surface area (Å²) in [5.74, 6) is -1.30. The number of carbonyl (C=O) groups excluding carboxylic acids is 1. The molecule has 0 spiro atoms. The van der Waals surface area contributed by atoms with Gasteiger partial charge >= 0.3 is 6.18 Å². The quantitative estimate of drug-likeness (QED) is 0.631. The SMILES string of the molecule is CC(N)(C(=O)NCc1nn[nH]n1)C(F)(F)F. The maximum atomic E-state index is 12.3. The predicted octanol–water partition coefficient (Wildman–Crippen LogP) is -0.904. The minimum Gasteiger partial charge on any atom is -0.347 e. The van der Waals surface area contributed by atoms with Crippen molar-refractivity contribution < 1.29 is 18.0 Å². The lowest BCUT2D eigenvalue weighted by Gasteiger charge is -2.25. The Bertz CT molecular complexity index is 359. The average molecular weight is 238 g/mol. The lowest BCUT2D eigenvalue weighted by molar-refractivity contribution is -0.187. The first-order chi connectivity index (χ1) is 7.25. The average Bonchev–Trinajstić information content (AvgIpc) is 2.64. The zero-order valence-corrected chi connectivity index (χ0v) is 8.17. The van der Waals surface area contributed by atoms with Gasteiger partial charge in [-0.15, -0.1) is 10.2 Å². The maximum absolute atomic E-state index is 12.3. The van der Waals surface area contributed by atoms with Crippen LogP contribution in [-0.2, 0) is 11.3 Å². The molecule has 90 valence electrons. The van der Waals surface area contributed by atoms with Gasteiger partial charge in [0.05, 0.1) is 6.54 Å². The number of tetrazole rings is 1. The predicted molar refractivity (Wildman–Crippen MR) is 44.7 cm³/mol. The van der Waals surface area contributed by atoms with Crippen LogP contribution >= 0.6 is 0 Å². The largest absolute Gasteiger partial charge is 0.415 e. The number of aromatic amines is 1. The minimum atomic E-state index is -4.83. The van der Waals surface area contributed by atoms with Gasteiger partial charge in [0.1, 0.15) is 0 Å². The van der Waals surface area contributed by atoms with Crippen LogP contribution in [0.5, 0.6) is 0 Å². The molecule has 0 saturated carbocycles. The van der Waals surface area contributed by atoms with Crippen LogP contribution in [-0.4, -0.2) is 38.2 Å². The smallest absolute Gasteiger partial charge is 0.347 e. The Balaban J connectivity index is 2.59. The molecule has 0 aliphatic heterocycles. The van der Waals surface area contributed by atoms with Crippen molar-refractivity contribution in [1.29, 1.82) is 0 Å². The van der Waals surface area contributed by atoms with Gasteiger partial charge in [0.25, 0.3) is 0 Å². The number of nitrogens with zero attached hydrogens (tertiary/aromatic N) is 3. The number of hydrogen-bond acceptors (Lipinski definition) is 5. The molecule has 1 aromatic rings. The number of H-pyrrole nitrogens is 1. The fraction of sp³-hybridized carbons (Fsp3) is 0.667. The number of nitrogens with two attached hydrogens (primary N) is 1. The van der Waals surface area contributed by atoms with Crippen molar-refractivity contribution in [2.75, 3.05) is 0 Å². The number of nitrogens with one attached hydrogen (secondary N) is 2. The summed E-state index contributed by atoms with van der Waals surface area (Å²) in [4.78, 5) is 11.2. The Hall–Kier alpha value is -1.71. The number of amides is 1. The molecule has 1 unspecified atom stereocenters. The van der Waals surface area contributed by atoms with E-state index in [2.05, 4.69) is 20.6 Å². The summed E-state index contributed by atoms with van der Waals surface area (Å²) < 4.78 is 36.9. The number of hydrogen-bond donors (Lipinski definition) is 3. The third-order valence-corrected chi connectivity index (χ3v) is 1.86. The summed E-state index contributed by atoms with van der Waals surface area (Å²) in [6, 6.07) is 0. The summed E-state index contributed by atoms with van der Waals surface area (Å²) in [5.41, 5.74) is 1.93. The van der Waals surface area contributed by atoms with Crippen molar-refractivity contribution in [2.24, 2.45) is 5.73 Å². The van der Waals surface area contributed by atoms with Crippen LogP contribution in [0.25, 0.3) is 0 Å². The van der Waals surface area contributed by atoms with E-state index in [1.54, 1.807) is 0 Å². The highest BCUT2D eigenvalue weighted by molar-refractivity contribution is 5.86. The Morgan fingerprint density at radius 1 is 1.56 bits per heavy atom. The third-order valence-electron chi connectivity index (χ3n) is 1.86. The van der Waals surface area contributed by atoms with E-state index in [-0.39, 0.29) is 12.4 Å². The Morgan fingerprint density at radius 3 is 2.62 bits per heavy atom. The molecule has 0 aliphatic rings.